The highest BCUT2D eigenvalue weighted by molar-refractivity contribution is 7.19. The number of thiazole rings is 1. The van der Waals surface area contributed by atoms with E-state index in [2.05, 4.69) is 39.5 Å². The highest BCUT2D eigenvalue weighted by Gasteiger charge is 2.11. The van der Waals surface area contributed by atoms with Gasteiger partial charge >= 0.3 is 0 Å². The van der Waals surface area contributed by atoms with Gasteiger partial charge in [-0.3, -0.25) is 0 Å². The lowest BCUT2D eigenvalue weighted by Crippen LogP contribution is -2.17. The summed E-state index contributed by atoms with van der Waals surface area (Å²) in [6.07, 6.45) is 4.28. The summed E-state index contributed by atoms with van der Waals surface area (Å²) in [5, 5.41) is 4.81. The molecule has 2 heterocycles. The molecule has 0 saturated carbocycles. The van der Waals surface area contributed by atoms with Gasteiger partial charge in [-0.05, 0) is 37.1 Å². The number of nitrogens with two attached hydrogens (primary N) is 1. The van der Waals surface area contributed by atoms with Crippen molar-refractivity contribution in [1.82, 2.24) is 4.98 Å². The van der Waals surface area contributed by atoms with Crippen molar-refractivity contribution < 1.29 is 0 Å². The van der Waals surface area contributed by atoms with Gasteiger partial charge in [0.15, 0.2) is 5.13 Å². The zero-order valence-corrected chi connectivity index (χ0v) is 10.9. The smallest absolute Gasteiger partial charge is 0.189 e. The van der Waals surface area contributed by atoms with E-state index in [1.165, 1.54) is 43.0 Å². The fourth-order valence-electron chi connectivity index (χ4n) is 2.20. The van der Waals surface area contributed by atoms with Crippen molar-refractivity contribution >= 4 is 32.8 Å². The van der Waals surface area contributed by atoms with Gasteiger partial charge in [-0.25, -0.2) is 4.98 Å². The van der Waals surface area contributed by atoms with Crippen LogP contribution in [0.25, 0.3) is 0 Å². The van der Waals surface area contributed by atoms with Crippen LogP contribution >= 0.6 is 11.3 Å². The maximum absolute atomic E-state index is 5.65. The molecule has 1 aliphatic rings. The Hall–Kier alpha value is -1.75. The Balaban J connectivity index is 1.70. The lowest BCUT2D eigenvalue weighted by atomic mass is 10.2. The molecule has 2 aromatic rings. The Morgan fingerprint density at radius 3 is 2.50 bits per heavy atom. The Morgan fingerprint density at radius 1 is 1.17 bits per heavy atom. The van der Waals surface area contributed by atoms with E-state index in [-0.39, 0.29) is 0 Å². The molecule has 0 atom stereocenters. The second-order valence-electron chi connectivity index (χ2n) is 4.43. The molecule has 1 fully saturated rings. The molecule has 0 amide bonds. The molecule has 0 bridgehead atoms. The number of hydrogen-bond acceptors (Lipinski definition) is 5. The third-order valence-corrected chi connectivity index (χ3v) is 3.86. The number of aromatic nitrogens is 1. The van der Waals surface area contributed by atoms with Crippen molar-refractivity contribution in [3.8, 4) is 0 Å². The first-order chi connectivity index (χ1) is 8.81. The van der Waals surface area contributed by atoms with Crippen molar-refractivity contribution in [2.24, 2.45) is 0 Å². The SMILES string of the molecule is Nc1cnc(Nc2ccc(N3CCCC3)cc2)s1. The molecule has 0 spiro atoms. The van der Waals surface area contributed by atoms with Crippen molar-refractivity contribution in [2.75, 3.05) is 29.0 Å². The predicted molar refractivity (Wildman–Crippen MR) is 77.7 cm³/mol. The number of nitrogen functional groups attached to an aromatic ring is 1. The lowest BCUT2D eigenvalue weighted by Gasteiger charge is -2.17. The molecule has 0 radical (unpaired) electrons. The van der Waals surface area contributed by atoms with E-state index >= 15 is 0 Å². The van der Waals surface area contributed by atoms with E-state index in [9.17, 15) is 0 Å². The third kappa shape index (κ3) is 2.41. The van der Waals surface area contributed by atoms with Gasteiger partial charge in [0.2, 0.25) is 0 Å². The molecule has 3 rings (SSSR count). The normalized spacial score (nSPS) is 15.0. The monoisotopic (exact) mass is 260 g/mol. The van der Waals surface area contributed by atoms with Crippen LogP contribution in [0.15, 0.2) is 30.5 Å². The van der Waals surface area contributed by atoms with Crippen molar-refractivity contribution in [2.45, 2.75) is 12.8 Å². The Bertz CT molecular complexity index is 514. The molecule has 94 valence electrons. The summed E-state index contributed by atoms with van der Waals surface area (Å²) in [5.41, 5.74) is 8.00. The fraction of sp³-hybridized carbons (Fsp3) is 0.308. The molecule has 3 N–H and O–H groups in total. The van der Waals surface area contributed by atoms with Gasteiger partial charge in [0, 0.05) is 24.5 Å². The molecular formula is C13H16N4S. The number of anilines is 4. The van der Waals surface area contributed by atoms with E-state index in [0.717, 1.165) is 15.8 Å². The largest absolute Gasteiger partial charge is 0.389 e. The highest BCUT2D eigenvalue weighted by Crippen LogP contribution is 2.26. The van der Waals surface area contributed by atoms with E-state index in [4.69, 9.17) is 5.73 Å². The van der Waals surface area contributed by atoms with Crippen LogP contribution in [0.2, 0.25) is 0 Å². The molecule has 4 nitrogen and oxygen atoms in total. The van der Waals surface area contributed by atoms with Crippen LogP contribution in [0.3, 0.4) is 0 Å². The van der Waals surface area contributed by atoms with Gasteiger partial charge in [-0.15, -0.1) is 0 Å². The van der Waals surface area contributed by atoms with Gasteiger partial charge in [0.1, 0.15) is 5.00 Å². The summed E-state index contributed by atoms with van der Waals surface area (Å²) < 4.78 is 0. The number of rotatable bonds is 3. The van der Waals surface area contributed by atoms with Gasteiger partial charge in [0.25, 0.3) is 0 Å². The van der Waals surface area contributed by atoms with Crippen LogP contribution in [0, 0.1) is 0 Å². The van der Waals surface area contributed by atoms with Crippen LogP contribution in [-0.2, 0) is 0 Å². The molecule has 0 aliphatic carbocycles. The lowest BCUT2D eigenvalue weighted by molar-refractivity contribution is 0.949. The van der Waals surface area contributed by atoms with Crippen molar-refractivity contribution in [3.63, 3.8) is 0 Å². The summed E-state index contributed by atoms with van der Waals surface area (Å²) in [6, 6.07) is 8.49. The van der Waals surface area contributed by atoms with Crippen molar-refractivity contribution in [3.05, 3.63) is 30.5 Å². The maximum atomic E-state index is 5.65. The average Bonchev–Trinajstić information content (AvgIpc) is 3.02. The Labute approximate surface area is 110 Å². The van der Waals surface area contributed by atoms with Crippen LogP contribution < -0.4 is 16.0 Å². The van der Waals surface area contributed by atoms with Crippen LogP contribution in [-0.4, -0.2) is 18.1 Å². The topological polar surface area (TPSA) is 54.2 Å². The van der Waals surface area contributed by atoms with Gasteiger partial charge in [0.05, 0.1) is 6.20 Å². The molecule has 18 heavy (non-hydrogen) atoms. The minimum Gasteiger partial charge on any atom is -0.389 e. The fourth-order valence-corrected chi connectivity index (χ4v) is 2.80. The highest BCUT2D eigenvalue weighted by atomic mass is 32.1. The molecule has 0 unspecified atom stereocenters. The molecule has 1 saturated heterocycles. The molecule has 1 aromatic carbocycles. The third-order valence-electron chi connectivity index (χ3n) is 3.11. The van der Waals surface area contributed by atoms with E-state index in [1.54, 1.807) is 6.20 Å². The molecule has 1 aliphatic heterocycles. The van der Waals surface area contributed by atoms with Crippen LogP contribution in [0.1, 0.15) is 12.8 Å². The quantitative estimate of drug-likeness (QED) is 0.890. The van der Waals surface area contributed by atoms with E-state index in [0.29, 0.717) is 0 Å². The summed E-state index contributed by atoms with van der Waals surface area (Å²) in [7, 11) is 0. The van der Waals surface area contributed by atoms with E-state index < -0.39 is 0 Å². The zero-order valence-electron chi connectivity index (χ0n) is 10.1. The predicted octanol–water partition coefficient (Wildman–Crippen LogP) is 3.07. The van der Waals surface area contributed by atoms with Gasteiger partial charge < -0.3 is 16.0 Å². The first-order valence-corrected chi connectivity index (χ1v) is 6.96. The number of hydrogen-bond donors (Lipinski definition) is 2. The number of nitrogens with one attached hydrogen (secondary N) is 1. The summed E-state index contributed by atoms with van der Waals surface area (Å²) in [4.78, 5) is 6.60. The molecule has 1 aromatic heterocycles. The minimum absolute atomic E-state index is 0.728. The first kappa shape index (κ1) is 11.3. The van der Waals surface area contributed by atoms with Crippen LogP contribution in [0.5, 0.6) is 0 Å². The van der Waals surface area contributed by atoms with Gasteiger partial charge in [-0.1, -0.05) is 11.3 Å². The summed E-state index contributed by atoms with van der Waals surface area (Å²) in [5.74, 6) is 0. The number of benzene rings is 1. The first-order valence-electron chi connectivity index (χ1n) is 6.14. The summed E-state index contributed by atoms with van der Waals surface area (Å²) >= 11 is 1.46. The standard InChI is InChI=1S/C13H16N4S/c14-12-9-15-13(18-12)16-10-3-5-11(6-4-10)17-7-1-2-8-17/h3-6,9H,1-2,7-8,14H2,(H,15,16). The minimum atomic E-state index is 0.728. The van der Waals surface area contributed by atoms with Crippen LogP contribution in [0.4, 0.5) is 21.5 Å². The van der Waals surface area contributed by atoms with E-state index in [1.807, 2.05) is 0 Å². The second-order valence-corrected chi connectivity index (χ2v) is 5.50. The Kier molecular flexibility index (Phi) is 3.06. The average molecular weight is 260 g/mol. The molecular weight excluding hydrogens is 244 g/mol. The molecule has 5 heteroatoms. The second kappa shape index (κ2) is 4.86. The number of nitrogens with zero attached hydrogens (tertiary/aromatic N) is 2. The van der Waals surface area contributed by atoms with Gasteiger partial charge in [-0.2, -0.15) is 0 Å². The van der Waals surface area contributed by atoms with Crippen molar-refractivity contribution in [1.29, 1.82) is 0 Å². The summed E-state index contributed by atoms with van der Waals surface area (Å²) in [6.45, 7) is 2.35. The maximum Gasteiger partial charge on any atom is 0.189 e. The zero-order chi connectivity index (χ0) is 12.4. The Morgan fingerprint density at radius 2 is 1.89 bits per heavy atom.